The third kappa shape index (κ3) is 8.15. The molecule has 1 aromatic carbocycles. The lowest BCUT2D eigenvalue weighted by Gasteiger charge is -2.10. The smallest absolute Gasteiger partial charge is 0.191 e. The summed E-state index contributed by atoms with van der Waals surface area (Å²) in [5.41, 5.74) is 2.14. The molecule has 0 unspecified atom stereocenters. The average Bonchev–Trinajstić information content (AvgIpc) is 3.09. The van der Waals surface area contributed by atoms with Crippen LogP contribution in [0, 0.1) is 0 Å². The molecule has 2 N–H and O–H groups in total. The van der Waals surface area contributed by atoms with E-state index in [0.29, 0.717) is 6.54 Å². The number of thiazole rings is 1. The van der Waals surface area contributed by atoms with Gasteiger partial charge in [0.2, 0.25) is 0 Å². The number of nitrogens with zero attached hydrogens (tertiary/aromatic N) is 2. The number of aliphatic imine (C=N–C) groups is 1. The van der Waals surface area contributed by atoms with Crippen LogP contribution in [0.5, 0.6) is 0 Å². The lowest BCUT2D eigenvalue weighted by molar-refractivity contribution is 0.145. The number of nitrogens with one attached hydrogen (secondary N) is 2. The normalized spacial score (nSPS) is 11.0. The van der Waals surface area contributed by atoms with Gasteiger partial charge in [0.25, 0.3) is 0 Å². The van der Waals surface area contributed by atoms with Crippen LogP contribution in [-0.4, -0.2) is 37.2 Å². The maximum atomic E-state index is 5.34. The highest BCUT2D eigenvalue weighted by molar-refractivity contribution is 14.0. The van der Waals surface area contributed by atoms with Crippen LogP contribution in [0.15, 0.2) is 40.7 Å². The first kappa shape index (κ1) is 21.9. The van der Waals surface area contributed by atoms with E-state index < -0.39 is 0 Å². The maximum absolute atomic E-state index is 5.34. The van der Waals surface area contributed by atoms with Crippen molar-refractivity contribution in [2.75, 3.05) is 26.3 Å². The Morgan fingerprint density at radius 2 is 2.00 bits per heavy atom. The lowest BCUT2D eigenvalue weighted by atomic mass is 10.2. The van der Waals surface area contributed by atoms with E-state index in [-0.39, 0.29) is 24.0 Å². The molecule has 0 spiro atoms. The molecule has 5 nitrogen and oxygen atoms in total. The minimum absolute atomic E-state index is 0. The fourth-order valence-electron chi connectivity index (χ4n) is 2.12. The second kappa shape index (κ2) is 13.1. The molecule has 0 bridgehead atoms. The lowest BCUT2D eigenvalue weighted by Crippen LogP contribution is -2.38. The van der Waals surface area contributed by atoms with E-state index in [1.54, 1.807) is 11.3 Å². The molecule has 0 aliphatic rings. The van der Waals surface area contributed by atoms with Crippen LogP contribution in [0.1, 0.15) is 26.0 Å². The quantitative estimate of drug-likeness (QED) is 0.251. The molecule has 0 radical (unpaired) electrons. The van der Waals surface area contributed by atoms with Crippen molar-refractivity contribution >= 4 is 41.3 Å². The van der Waals surface area contributed by atoms with Crippen molar-refractivity contribution in [1.29, 1.82) is 0 Å². The molecule has 0 saturated carbocycles. The van der Waals surface area contributed by atoms with Gasteiger partial charge < -0.3 is 15.4 Å². The first-order valence-electron chi connectivity index (χ1n) is 8.43. The Hall–Kier alpha value is -1.19. The highest BCUT2D eigenvalue weighted by Crippen LogP contribution is 2.23. The number of ether oxygens (including phenoxy) is 1. The Morgan fingerprint density at radius 3 is 2.72 bits per heavy atom. The second-order valence-corrected chi connectivity index (χ2v) is 6.04. The van der Waals surface area contributed by atoms with Crippen molar-refractivity contribution in [2.24, 2.45) is 4.99 Å². The Labute approximate surface area is 171 Å². The van der Waals surface area contributed by atoms with Gasteiger partial charge in [-0.1, -0.05) is 30.3 Å². The maximum Gasteiger partial charge on any atom is 0.191 e. The van der Waals surface area contributed by atoms with Crippen molar-refractivity contribution in [1.82, 2.24) is 15.6 Å². The van der Waals surface area contributed by atoms with E-state index in [2.05, 4.69) is 45.0 Å². The highest BCUT2D eigenvalue weighted by Gasteiger charge is 2.04. The summed E-state index contributed by atoms with van der Waals surface area (Å²) < 4.78 is 5.34. The third-order valence-corrected chi connectivity index (χ3v) is 4.22. The Bertz CT molecular complexity index is 619. The summed E-state index contributed by atoms with van der Waals surface area (Å²) in [7, 11) is 0. The first-order chi connectivity index (χ1) is 11.8. The van der Waals surface area contributed by atoms with Crippen molar-refractivity contribution < 1.29 is 4.74 Å². The Balaban J connectivity index is 0.00000312. The number of benzene rings is 1. The zero-order chi connectivity index (χ0) is 17.0. The largest absolute Gasteiger partial charge is 0.382 e. The minimum Gasteiger partial charge on any atom is -0.382 e. The van der Waals surface area contributed by atoms with Gasteiger partial charge in [-0.25, -0.2) is 9.98 Å². The van der Waals surface area contributed by atoms with E-state index in [1.807, 2.05) is 25.1 Å². The summed E-state index contributed by atoms with van der Waals surface area (Å²) in [6.07, 6.45) is 0.965. The molecule has 0 fully saturated rings. The molecule has 2 rings (SSSR count). The Kier molecular flexibility index (Phi) is 11.4. The molecular weight excluding hydrogens is 447 g/mol. The fourth-order valence-corrected chi connectivity index (χ4v) is 2.94. The van der Waals surface area contributed by atoms with Crippen LogP contribution in [0.4, 0.5) is 0 Å². The van der Waals surface area contributed by atoms with Gasteiger partial charge in [0.05, 0.1) is 12.2 Å². The summed E-state index contributed by atoms with van der Waals surface area (Å²) >= 11 is 1.66. The standard InChI is InChI=1S/C18H26N4OS.HI/c1-3-19-18(20-11-8-12-23-4-2)21-13-16-14-24-17(22-16)15-9-6-5-7-10-15;/h5-7,9-10,14H,3-4,8,11-13H2,1-2H3,(H2,19,20,21);1H. The predicted octanol–water partition coefficient (Wildman–Crippen LogP) is 3.91. The molecule has 1 aromatic heterocycles. The van der Waals surface area contributed by atoms with Crippen molar-refractivity contribution in [3.05, 3.63) is 41.4 Å². The van der Waals surface area contributed by atoms with E-state index in [9.17, 15) is 0 Å². The topological polar surface area (TPSA) is 58.5 Å². The van der Waals surface area contributed by atoms with Crippen LogP contribution in [0.2, 0.25) is 0 Å². The first-order valence-corrected chi connectivity index (χ1v) is 9.31. The molecule has 0 atom stereocenters. The van der Waals surface area contributed by atoms with Gasteiger partial charge in [-0.05, 0) is 20.3 Å². The number of hydrogen-bond acceptors (Lipinski definition) is 4. The number of aromatic nitrogens is 1. The predicted molar refractivity (Wildman–Crippen MR) is 117 cm³/mol. The number of hydrogen-bond donors (Lipinski definition) is 2. The molecule has 0 saturated heterocycles. The van der Waals surface area contributed by atoms with Crippen LogP contribution in [0.25, 0.3) is 10.6 Å². The fraction of sp³-hybridized carbons (Fsp3) is 0.444. The summed E-state index contributed by atoms with van der Waals surface area (Å²) in [6, 6.07) is 10.2. The molecule has 138 valence electrons. The molecule has 0 aliphatic heterocycles. The SMILES string of the molecule is CCNC(=NCc1csc(-c2ccccc2)n1)NCCCOCC.I. The van der Waals surface area contributed by atoms with Gasteiger partial charge in [-0.2, -0.15) is 0 Å². The van der Waals surface area contributed by atoms with Gasteiger partial charge in [-0.15, -0.1) is 35.3 Å². The molecule has 7 heteroatoms. The van der Waals surface area contributed by atoms with Gasteiger partial charge in [0, 0.05) is 37.2 Å². The highest BCUT2D eigenvalue weighted by atomic mass is 127. The molecule has 2 aromatic rings. The zero-order valence-corrected chi connectivity index (χ0v) is 18.0. The van der Waals surface area contributed by atoms with E-state index >= 15 is 0 Å². The Morgan fingerprint density at radius 1 is 1.20 bits per heavy atom. The van der Waals surface area contributed by atoms with E-state index in [0.717, 1.165) is 54.9 Å². The minimum atomic E-state index is 0. The van der Waals surface area contributed by atoms with Gasteiger partial charge in [-0.3, -0.25) is 0 Å². The molecule has 0 aliphatic carbocycles. The summed E-state index contributed by atoms with van der Waals surface area (Å²) in [4.78, 5) is 9.28. The van der Waals surface area contributed by atoms with Gasteiger partial charge in [0.1, 0.15) is 5.01 Å². The van der Waals surface area contributed by atoms with Gasteiger partial charge >= 0.3 is 0 Å². The second-order valence-electron chi connectivity index (χ2n) is 5.18. The number of guanidine groups is 1. The van der Waals surface area contributed by atoms with Crippen LogP contribution in [0.3, 0.4) is 0 Å². The molecule has 0 amide bonds. The summed E-state index contributed by atoms with van der Waals surface area (Å²) in [5.74, 6) is 0.822. The third-order valence-electron chi connectivity index (χ3n) is 3.28. The average molecular weight is 474 g/mol. The summed E-state index contributed by atoms with van der Waals surface area (Å²) in [5, 5.41) is 9.69. The van der Waals surface area contributed by atoms with Crippen LogP contribution >= 0.6 is 35.3 Å². The van der Waals surface area contributed by atoms with Crippen molar-refractivity contribution in [3.63, 3.8) is 0 Å². The number of rotatable bonds is 9. The molecule has 1 heterocycles. The van der Waals surface area contributed by atoms with E-state index in [4.69, 9.17) is 4.74 Å². The van der Waals surface area contributed by atoms with Gasteiger partial charge in [0.15, 0.2) is 5.96 Å². The molecule has 25 heavy (non-hydrogen) atoms. The van der Waals surface area contributed by atoms with Crippen LogP contribution < -0.4 is 10.6 Å². The monoisotopic (exact) mass is 474 g/mol. The zero-order valence-electron chi connectivity index (χ0n) is 14.8. The number of halogens is 1. The van der Waals surface area contributed by atoms with Crippen LogP contribution in [-0.2, 0) is 11.3 Å². The van der Waals surface area contributed by atoms with Crippen molar-refractivity contribution in [3.8, 4) is 10.6 Å². The van der Waals surface area contributed by atoms with Crippen molar-refractivity contribution in [2.45, 2.75) is 26.8 Å². The van der Waals surface area contributed by atoms with E-state index in [1.165, 1.54) is 0 Å². The summed E-state index contributed by atoms with van der Waals surface area (Å²) in [6.45, 7) is 7.87. The molecular formula is C18H27IN4OS.